The van der Waals surface area contributed by atoms with Gasteiger partial charge < -0.3 is 14.4 Å². The fourth-order valence-corrected chi connectivity index (χ4v) is 2.47. The summed E-state index contributed by atoms with van der Waals surface area (Å²) in [6.07, 6.45) is 1.08. The highest BCUT2D eigenvalue weighted by Crippen LogP contribution is 2.19. The third kappa shape index (κ3) is 3.59. The number of aromatic nitrogens is 1. The number of carboxylic acids is 1. The molecular weight excluding hydrogens is 278 g/mol. The predicted octanol–water partition coefficient (Wildman–Crippen LogP) is 1.20. The minimum atomic E-state index is -1.18. The third-order valence-electron chi connectivity index (χ3n) is 3.61. The molecule has 1 aliphatic heterocycles. The Morgan fingerprint density at radius 3 is 2.90 bits per heavy atom. The van der Waals surface area contributed by atoms with Crippen LogP contribution in [0.25, 0.3) is 0 Å². The number of nitrogens with zero attached hydrogens (tertiary/aromatic N) is 3. The monoisotopic (exact) mass is 297 g/mol. The number of nitro groups is 1. The van der Waals surface area contributed by atoms with E-state index < -0.39 is 10.9 Å². The summed E-state index contributed by atoms with van der Waals surface area (Å²) in [5, 5.41) is 19.9. The van der Waals surface area contributed by atoms with Gasteiger partial charge in [-0.25, -0.2) is 4.79 Å². The molecule has 116 valence electrons. The summed E-state index contributed by atoms with van der Waals surface area (Å²) < 4.78 is 7.03. The lowest BCUT2D eigenvalue weighted by atomic mass is 10.2. The molecule has 1 aromatic rings. The molecule has 0 bridgehead atoms. The Hall–Kier alpha value is -1.93. The zero-order valence-corrected chi connectivity index (χ0v) is 12.1. The molecule has 0 aliphatic carbocycles. The summed E-state index contributed by atoms with van der Waals surface area (Å²) in [5.41, 5.74) is -0.309. The van der Waals surface area contributed by atoms with Crippen molar-refractivity contribution >= 4 is 11.7 Å². The van der Waals surface area contributed by atoms with E-state index in [1.807, 2.05) is 0 Å². The minimum absolute atomic E-state index is 0.0908. The Labute approximate surface area is 122 Å². The van der Waals surface area contributed by atoms with Gasteiger partial charge in [0.25, 0.3) is 5.69 Å². The molecule has 0 saturated carbocycles. The van der Waals surface area contributed by atoms with Crippen LogP contribution in [0.1, 0.15) is 24.3 Å². The van der Waals surface area contributed by atoms with Gasteiger partial charge >= 0.3 is 5.97 Å². The summed E-state index contributed by atoms with van der Waals surface area (Å²) in [4.78, 5) is 23.6. The van der Waals surface area contributed by atoms with Crippen LogP contribution in [0, 0.1) is 10.1 Å². The highest BCUT2D eigenvalue weighted by molar-refractivity contribution is 5.86. The number of carbonyl (C=O) groups is 1. The molecule has 2 heterocycles. The lowest BCUT2D eigenvalue weighted by Crippen LogP contribution is -2.47. The molecule has 1 aliphatic rings. The van der Waals surface area contributed by atoms with E-state index in [9.17, 15) is 14.9 Å². The first kappa shape index (κ1) is 15.5. The van der Waals surface area contributed by atoms with Gasteiger partial charge in [0, 0.05) is 25.2 Å². The maximum Gasteiger partial charge on any atom is 0.352 e. The fourth-order valence-electron chi connectivity index (χ4n) is 2.47. The summed E-state index contributed by atoms with van der Waals surface area (Å²) >= 11 is 0. The maximum absolute atomic E-state index is 11.2. The Morgan fingerprint density at radius 2 is 2.33 bits per heavy atom. The van der Waals surface area contributed by atoms with Crippen molar-refractivity contribution in [3.63, 3.8) is 0 Å². The van der Waals surface area contributed by atoms with Crippen LogP contribution in [0.2, 0.25) is 0 Å². The molecule has 1 N–H and O–H groups in total. The van der Waals surface area contributed by atoms with Gasteiger partial charge in [0.15, 0.2) is 0 Å². The van der Waals surface area contributed by atoms with Crippen molar-refractivity contribution in [2.45, 2.75) is 32.5 Å². The standard InChI is InChI=1S/C13H19N3O5/c1-9(2)14-3-4-21-11(7-14)8-15-6-10(16(19)20)5-12(15)13(17)18/h5-6,9,11H,3-4,7-8H2,1-2H3,(H,17,18). The first-order valence-electron chi connectivity index (χ1n) is 6.82. The summed E-state index contributed by atoms with van der Waals surface area (Å²) in [6, 6.07) is 1.46. The van der Waals surface area contributed by atoms with Crippen LogP contribution < -0.4 is 0 Å². The number of rotatable bonds is 5. The smallest absolute Gasteiger partial charge is 0.352 e. The van der Waals surface area contributed by atoms with Crippen molar-refractivity contribution in [3.8, 4) is 0 Å². The SMILES string of the molecule is CC(C)N1CCOC(Cn2cc([N+](=O)[O-])cc2C(=O)O)C1. The molecule has 1 fully saturated rings. The topological polar surface area (TPSA) is 97.8 Å². The Bertz CT molecular complexity index is 540. The zero-order valence-electron chi connectivity index (χ0n) is 12.1. The molecule has 1 unspecified atom stereocenters. The molecule has 1 saturated heterocycles. The minimum Gasteiger partial charge on any atom is -0.477 e. The fraction of sp³-hybridized carbons (Fsp3) is 0.615. The molecule has 0 aromatic carbocycles. The second kappa shape index (κ2) is 6.23. The lowest BCUT2D eigenvalue weighted by molar-refractivity contribution is -0.384. The second-order valence-electron chi connectivity index (χ2n) is 5.38. The van der Waals surface area contributed by atoms with Crippen molar-refractivity contribution in [2.24, 2.45) is 0 Å². The van der Waals surface area contributed by atoms with Gasteiger partial charge in [-0.1, -0.05) is 0 Å². The van der Waals surface area contributed by atoms with E-state index in [0.29, 0.717) is 25.7 Å². The van der Waals surface area contributed by atoms with Crippen molar-refractivity contribution < 1.29 is 19.6 Å². The van der Waals surface area contributed by atoms with E-state index in [1.165, 1.54) is 10.8 Å². The van der Waals surface area contributed by atoms with Gasteiger partial charge in [-0.2, -0.15) is 0 Å². The second-order valence-corrected chi connectivity index (χ2v) is 5.38. The normalized spacial score (nSPS) is 19.9. The Morgan fingerprint density at radius 1 is 1.62 bits per heavy atom. The number of morpholine rings is 1. The van der Waals surface area contributed by atoms with Crippen LogP contribution in [0.4, 0.5) is 5.69 Å². The van der Waals surface area contributed by atoms with E-state index in [0.717, 1.165) is 12.6 Å². The quantitative estimate of drug-likeness (QED) is 0.648. The van der Waals surface area contributed by atoms with Crippen molar-refractivity contribution in [2.75, 3.05) is 19.7 Å². The molecular formula is C13H19N3O5. The van der Waals surface area contributed by atoms with Gasteiger partial charge in [-0.3, -0.25) is 15.0 Å². The van der Waals surface area contributed by atoms with Crippen molar-refractivity contribution in [3.05, 3.63) is 28.1 Å². The van der Waals surface area contributed by atoms with Crippen LogP contribution in [0.5, 0.6) is 0 Å². The number of ether oxygens (including phenoxy) is 1. The number of hydrogen-bond donors (Lipinski definition) is 1. The zero-order chi connectivity index (χ0) is 15.6. The number of aromatic carboxylic acids is 1. The van der Waals surface area contributed by atoms with E-state index in [2.05, 4.69) is 18.7 Å². The molecule has 1 aromatic heterocycles. The summed E-state index contributed by atoms with van der Waals surface area (Å²) in [7, 11) is 0. The maximum atomic E-state index is 11.2. The van der Waals surface area contributed by atoms with Gasteiger partial charge in [-0.05, 0) is 13.8 Å². The van der Waals surface area contributed by atoms with Gasteiger partial charge in [0.05, 0.1) is 30.4 Å². The first-order chi connectivity index (χ1) is 9.88. The molecule has 0 spiro atoms. The third-order valence-corrected chi connectivity index (χ3v) is 3.61. The van der Waals surface area contributed by atoms with E-state index in [-0.39, 0.29) is 17.5 Å². The van der Waals surface area contributed by atoms with Crippen LogP contribution in [-0.2, 0) is 11.3 Å². The predicted molar refractivity (Wildman–Crippen MR) is 74.5 cm³/mol. The molecule has 2 rings (SSSR count). The van der Waals surface area contributed by atoms with Gasteiger partial charge in [0.2, 0.25) is 0 Å². The highest BCUT2D eigenvalue weighted by Gasteiger charge is 2.25. The van der Waals surface area contributed by atoms with Crippen LogP contribution in [-0.4, -0.2) is 57.3 Å². The highest BCUT2D eigenvalue weighted by atomic mass is 16.6. The van der Waals surface area contributed by atoms with Crippen molar-refractivity contribution in [1.82, 2.24) is 9.47 Å². The number of hydrogen-bond acceptors (Lipinski definition) is 5. The summed E-state index contributed by atoms with van der Waals surface area (Å²) in [5.74, 6) is -1.18. The van der Waals surface area contributed by atoms with Crippen LogP contribution in [0.3, 0.4) is 0 Å². The molecule has 21 heavy (non-hydrogen) atoms. The largest absolute Gasteiger partial charge is 0.477 e. The van der Waals surface area contributed by atoms with Crippen LogP contribution in [0.15, 0.2) is 12.3 Å². The average molecular weight is 297 g/mol. The molecule has 1 atom stereocenters. The van der Waals surface area contributed by atoms with Crippen LogP contribution >= 0.6 is 0 Å². The molecule has 8 nitrogen and oxygen atoms in total. The molecule has 0 radical (unpaired) electrons. The Kier molecular flexibility index (Phi) is 4.59. The average Bonchev–Trinajstić information content (AvgIpc) is 2.83. The first-order valence-corrected chi connectivity index (χ1v) is 6.82. The number of carboxylic acid groups (broad SMARTS) is 1. The van der Waals surface area contributed by atoms with E-state index >= 15 is 0 Å². The van der Waals surface area contributed by atoms with Crippen molar-refractivity contribution in [1.29, 1.82) is 0 Å². The molecule has 0 amide bonds. The molecule has 8 heteroatoms. The van der Waals surface area contributed by atoms with E-state index in [1.54, 1.807) is 0 Å². The van der Waals surface area contributed by atoms with E-state index in [4.69, 9.17) is 9.84 Å². The lowest BCUT2D eigenvalue weighted by Gasteiger charge is -2.35. The van der Waals surface area contributed by atoms with Gasteiger partial charge in [-0.15, -0.1) is 0 Å². The van der Waals surface area contributed by atoms with Gasteiger partial charge in [0.1, 0.15) is 5.69 Å². The summed E-state index contributed by atoms with van der Waals surface area (Å²) in [6.45, 7) is 6.57. The Balaban J connectivity index is 2.14.